The first-order chi connectivity index (χ1) is 8.53. The second-order valence-electron chi connectivity index (χ2n) is 3.40. The average molecular weight is 287 g/mol. The molecule has 0 bridgehead atoms. The molecule has 1 heterocycles. The largest absolute Gasteiger partial charge is 0.326 e. The summed E-state index contributed by atoms with van der Waals surface area (Å²) in [6, 6.07) is 3.48. The van der Waals surface area contributed by atoms with Gasteiger partial charge in [-0.1, -0.05) is 0 Å². The molecule has 0 spiro atoms. The van der Waals surface area contributed by atoms with Gasteiger partial charge in [-0.05, 0) is 18.2 Å². The van der Waals surface area contributed by atoms with Gasteiger partial charge in [0.2, 0.25) is 0 Å². The van der Waals surface area contributed by atoms with E-state index in [-0.39, 0.29) is 22.1 Å². The predicted octanol–water partition coefficient (Wildman–Crippen LogP) is 1.54. The van der Waals surface area contributed by atoms with Gasteiger partial charge < -0.3 is 5.73 Å². The van der Waals surface area contributed by atoms with E-state index in [1.54, 1.807) is 5.38 Å². The highest BCUT2D eigenvalue weighted by Crippen LogP contribution is 2.19. The van der Waals surface area contributed by atoms with Gasteiger partial charge in [-0.25, -0.2) is 17.8 Å². The maximum absolute atomic E-state index is 13.2. The van der Waals surface area contributed by atoms with Crippen LogP contribution < -0.4 is 10.5 Å². The Morgan fingerprint density at radius 3 is 2.83 bits per heavy atom. The number of aromatic nitrogens is 1. The molecule has 18 heavy (non-hydrogen) atoms. The van der Waals surface area contributed by atoms with Gasteiger partial charge in [-0.3, -0.25) is 4.72 Å². The van der Waals surface area contributed by atoms with Crippen molar-refractivity contribution in [1.29, 1.82) is 0 Å². The normalized spacial score (nSPS) is 11.4. The summed E-state index contributed by atoms with van der Waals surface area (Å²) in [6.45, 7) is -0.0631. The molecule has 1 aromatic heterocycles. The third-order valence-corrected chi connectivity index (χ3v) is 4.36. The topological polar surface area (TPSA) is 85.1 Å². The van der Waals surface area contributed by atoms with Crippen LogP contribution in [0.3, 0.4) is 0 Å². The summed E-state index contributed by atoms with van der Waals surface area (Å²) in [7, 11) is -3.76. The Kier molecular flexibility index (Phi) is 3.60. The van der Waals surface area contributed by atoms with Gasteiger partial charge >= 0.3 is 0 Å². The summed E-state index contributed by atoms with van der Waals surface area (Å²) in [6.07, 6.45) is 1.48. The number of sulfonamides is 1. The lowest BCUT2D eigenvalue weighted by atomic mass is 10.2. The number of nitrogens with zero attached hydrogens (tertiary/aromatic N) is 1. The van der Waals surface area contributed by atoms with E-state index in [1.165, 1.54) is 18.3 Å². The Hall–Kier alpha value is -1.51. The van der Waals surface area contributed by atoms with Gasteiger partial charge in [-0.2, -0.15) is 0 Å². The molecule has 0 atom stereocenters. The first-order valence-electron chi connectivity index (χ1n) is 4.94. The summed E-state index contributed by atoms with van der Waals surface area (Å²) >= 11 is 1.16. The fourth-order valence-electron chi connectivity index (χ4n) is 1.32. The number of halogens is 1. The quantitative estimate of drug-likeness (QED) is 0.893. The number of hydrogen-bond donors (Lipinski definition) is 2. The number of nitrogens with two attached hydrogens (primary N) is 1. The molecule has 0 saturated heterocycles. The van der Waals surface area contributed by atoms with Gasteiger partial charge in [-0.15, -0.1) is 11.3 Å². The standard InChI is InChI=1S/C10H10FN3O2S2/c11-9-2-1-8(5-7(9)6-12)18(15,16)14-10-13-3-4-17-10/h1-5H,6,12H2,(H,13,14). The van der Waals surface area contributed by atoms with Gasteiger partial charge in [0, 0.05) is 23.7 Å². The molecule has 2 rings (SSSR count). The van der Waals surface area contributed by atoms with Crippen LogP contribution in [-0.4, -0.2) is 13.4 Å². The van der Waals surface area contributed by atoms with E-state index >= 15 is 0 Å². The monoisotopic (exact) mass is 287 g/mol. The molecule has 5 nitrogen and oxygen atoms in total. The summed E-state index contributed by atoms with van der Waals surface area (Å²) in [5, 5.41) is 1.90. The highest BCUT2D eigenvalue weighted by Gasteiger charge is 2.17. The average Bonchev–Trinajstić information content (AvgIpc) is 2.81. The third-order valence-electron chi connectivity index (χ3n) is 2.20. The van der Waals surface area contributed by atoms with Crippen molar-refractivity contribution < 1.29 is 12.8 Å². The van der Waals surface area contributed by atoms with E-state index in [0.29, 0.717) is 0 Å². The number of rotatable bonds is 4. The van der Waals surface area contributed by atoms with Crippen molar-refractivity contribution in [3.05, 3.63) is 41.2 Å². The second kappa shape index (κ2) is 5.01. The van der Waals surface area contributed by atoms with Gasteiger partial charge in [0.1, 0.15) is 5.82 Å². The summed E-state index contributed by atoms with van der Waals surface area (Å²) in [5.74, 6) is -0.523. The molecule has 0 fully saturated rings. The van der Waals surface area contributed by atoms with Crippen molar-refractivity contribution in [2.75, 3.05) is 4.72 Å². The van der Waals surface area contributed by atoms with Gasteiger partial charge in [0.15, 0.2) is 5.13 Å². The minimum Gasteiger partial charge on any atom is -0.326 e. The molecule has 0 aliphatic heterocycles. The zero-order valence-electron chi connectivity index (χ0n) is 9.13. The molecule has 96 valence electrons. The van der Waals surface area contributed by atoms with E-state index in [4.69, 9.17) is 5.73 Å². The molecule has 1 aromatic carbocycles. The Bertz CT molecular complexity index is 641. The second-order valence-corrected chi connectivity index (χ2v) is 5.98. The van der Waals surface area contributed by atoms with Crippen LogP contribution in [-0.2, 0) is 16.6 Å². The van der Waals surface area contributed by atoms with Gasteiger partial charge in [0.05, 0.1) is 4.90 Å². The summed E-state index contributed by atoms with van der Waals surface area (Å²) in [4.78, 5) is 3.77. The van der Waals surface area contributed by atoms with Crippen molar-refractivity contribution in [2.45, 2.75) is 11.4 Å². The molecule has 0 aliphatic carbocycles. The summed E-state index contributed by atoms with van der Waals surface area (Å²) < 4.78 is 39.5. The maximum Gasteiger partial charge on any atom is 0.263 e. The molecular weight excluding hydrogens is 277 g/mol. The third kappa shape index (κ3) is 2.66. The van der Waals surface area contributed by atoms with Crippen LogP contribution in [0.4, 0.5) is 9.52 Å². The minimum atomic E-state index is -3.76. The van der Waals surface area contributed by atoms with Crippen LogP contribution >= 0.6 is 11.3 Å². The van der Waals surface area contributed by atoms with E-state index in [9.17, 15) is 12.8 Å². The number of thiazole rings is 1. The Morgan fingerprint density at radius 1 is 1.44 bits per heavy atom. The van der Waals surface area contributed by atoms with Crippen LogP contribution in [0, 0.1) is 5.82 Å². The van der Waals surface area contributed by atoms with Crippen LogP contribution in [0.15, 0.2) is 34.7 Å². The van der Waals surface area contributed by atoms with E-state index < -0.39 is 15.8 Å². The number of nitrogens with one attached hydrogen (secondary N) is 1. The van der Waals surface area contributed by atoms with E-state index in [0.717, 1.165) is 17.4 Å². The van der Waals surface area contributed by atoms with Crippen molar-refractivity contribution in [1.82, 2.24) is 4.98 Å². The predicted molar refractivity (Wildman–Crippen MR) is 67.2 cm³/mol. The Labute approximate surface area is 108 Å². The van der Waals surface area contributed by atoms with Crippen LogP contribution in [0.2, 0.25) is 0 Å². The number of anilines is 1. The lowest BCUT2D eigenvalue weighted by Crippen LogP contribution is -2.14. The first kappa shape index (κ1) is 12.9. The molecule has 2 aromatic rings. The maximum atomic E-state index is 13.2. The molecule has 8 heteroatoms. The molecule has 0 radical (unpaired) electrons. The zero-order chi connectivity index (χ0) is 13.2. The van der Waals surface area contributed by atoms with E-state index in [2.05, 4.69) is 9.71 Å². The Morgan fingerprint density at radius 2 is 2.22 bits per heavy atom. The highest BCUT2D eigenvalue weighted by molar-refractivity contribution is 7.93. The summed E-state index contributed by atoms with van der Waals surface area (Å²) in [5.41, 5.74) is 5.48. The minimum absolute atomic E-state index is 0.0421. The molecular formula is C10H10FN3O2S2. The fourth-order valence-corrected chi connectivity index (χ4v) is 3.16. The zero-order valence-corrected chi connectivity index (χ0v) is 10.8. The lowest BCUT2D eigenvalue weighted by Gasteiger charge is -2.07. The van der Waals surface area contributed by atoms with Crippen LogP contribution in [0.1, 0.15) is 5.56 Å². The van der Waals surface area contributed by atoms with Crippen molar-refractivity contribution in [2.24, 2.45) is 5.73 Å². The van der Waals surface area contributed by atoms with Gasteiger partial charge in [0.25, 0.3) is 10.0 Å². The highest BCUT2D eigenvalue weighted by atomic mass is 32.2. The lowest BCUT2D eigenvalue weighted by molar-refractivity contribution is 0.596. The van der Waals surface area contributed by atoms with Crippen LogP contribution in [0.25, 0.3) is 0 Å². The van der Waals surface area contributed by atoms with Crippen molar-refractivity contribution in [3.63, 3.8) is 0 Å². The van der Waals surface area contributed by atoms with E-state index in [1.807, 2.05) is 0 Å². The smallest absolute Gasteiger partial charge is 0.263 e. The number of benzene rings is 1. The van der Waals surface area contributed by atoms with Crippen LogP contribution in [0.5, 0.6) is 0 Å². The molecule has 0 unspecified atom stereocenters. The molecule has 0 aliphatic rings. The fraction of sp³-hybridized carbons (Fsp3) is 0.100. The Balaban J connectivity index is 2.35. The SMILES string of the molecule is NCc1cc(S(=O)(=O)Nc2nccs2)ccc1F. The molecule has 0 saturated carbocycles. The number of hydrogen-bond acceptors (Lipinski definition) is 5. The van der Waals surface area contributed by atoms with Crippen molar-refractivity contribution in [3.8, 4) is 0 Å². The van der Waals surface area contributed by atoms with Crippen molar-refractivity contribution >= 4 is 26.5 Å². The first-order valence-corrected chi connectivity index (χ1v) is 7.30. The molecule has 0 amide bonds. The molecule has 3 N–H and O–H groups in total.